The van der Waals surface area contributed by atoms with Crippen LogP contribution in [0.2, 0.25) is 0 Å². The van der Waals surface area contributed by atoms with Gasteiger partial charge >= 0.3 is 5.97 Å². The van der Waals surface area contributed by atoms with Gasteiger partial charge in [0.05, 0.1) is 18.6 Å². The summed E-state index contributed by atoms with van der Waals surface area (Å²) in [7, 11) is 0. The molecule has 1 aliphatic heterocycles. The number of hydrogen-bond donors (Lipinski definition) is 3. The molecule has 0 radical (unpaired) electrons. The average Bonchev–Trinajstić information content (AvgIpc) is 2.98. The van der Waals surface area contributed by atoms with E-state index in [1.807, 2.05) is 0 Å². The van der Waals surface area contributed by atoms with E-state index in [1.165, 1.54) is 0 Å². The van der Waals surface area contributed by atoms with Crippen LogP contribution in [0.4, 0.5) is 0 Å². The highest BCUT2D eigenvalue weighted by atomic mass is 16.5. The Labute approximate surface area is 157 Å². The Kier molecular flexibility index (Phi) is 4.99. The van der Waals surface area contributed by atoms with E-state index in [0.29, 0.717) is 24.2 Å². The Morgan fingerprint density at radius 3 is 2.27 bits per heavy atom. The first kappa shape index (κ1) is 20.1. The number of carboxylic acid groups (broad SMARTS) is 1. The fourth-order valence-corrected chi connectivity index (χ4v) is 6.94. The normalized spacial score (nSPS) is 51.4. The lowest BCUT2D eigenvalue weighted by molar-refractivity contribution is -0.264. The molecule has 150 valence electrons. The van der Waals surface area contributed by atoms with Crippen LogP contribution in [0.15, 0.2) is 0 Å². The summed E-state index contributed by atoms with van der Waals surface area (Å²) in [6.45, 7) is 8.93. The molecular formula is C21H36O5. The van der Waals surface area contributed by atoms with E-state index >= 15 is 0 Å². The van der Waals surface area contributed by atoms with Crippen molar-refractivity contribution in [2.24, 2.45) is 28.6 Å². The van der Waals surface area contributed by atoms with Gasteiger partial charge in [0.15, 0.2) is 0 Å². The van der Waals surface area contributed by atoms with E-state index < -0.39 is 17.2 Å². The smallest absolute Gasteiger partial charge is 0.306 e. The monoisotopic (exact) mass is 368 g/mol. The summed E-state index contributed by atoms with van der Waals surface area (Å²) < 4.78 is 6.68. The van der Waals surface area contributed by atoms with Crippen molar-refractivity contribution >= 4 is 5.97 Å². The zero-order chi connectivity index (χ0) is 19.4. The topological polar surface area (TPSA) is 87.0 Å². The van der Waals surface area contributed by atoms with E-state index in [4.69, 9.17) is 4.74 Å². The lowest BCUT2D eigenvalue weighted by atomic mass is 9.42. The van der Waals surface area contributed by atoms with E-state index in [9.17, 15) is 20.1 Å². The van der Waals surface area contributed by atoms with Crippen molar-refractivity contribution in [1.29, 1.82) is 0 Å². The number of carbonyl (C=O) groups is 1. The second-order valence-electron chi connectivity index (χ2n) is 9.96. The van der Waals surface area contributed by atoms with Gasteiger partial charge in [-0.05, 0) is 61.7 Å². The fraction of sp³-hybridized carbons (Fsp3) is 0.952. The fourth-order valence-electron chi connectivity index (χ4n) is 6.94. The lowest BCUT2D eigenvalue weighted by Gasteiger charge is -2.65. The van der Waals surface area contributed by atoms with Crippen molar-refractivity contribution in [2.45, 2.75) is 83.8 Å². The lowest BCUT2D eigenvalue weighted by Crippen LogP contribution is -2.65. The minimum Gasteiger partial charge on any atom is -0.481 e. The molecule has 0 aromatic heterocycles. The number of aliphatic hydroxyl groups excluding tert-OH is 2. The number of hydrogen-bond acceptors (Lipinski definition) is 4. The predicted molar refractivity (Wildman–Crippen MR) is 98.7 cm³/mol. The number of fused-ring (bicyclic) bond motifs is 2. The molecule has 5 nitrogen and oxygen atoms in total. The van der Waals surface area contributed by atoms with Gasteiger partial charge in [0.25, 0.3) is 0 Å². The van der Waals surface area contributed by atoms with Crippen molar-refractivity contribution in [1.82, 2.24) is 0 Å². The van der Waals surface area contributed by atoms with Crippen LogP contribution in [-0.4, -0.2) is 45.7 Å². The van der Waals surface area contributed by atoms with Gasteiger partial charge in [0, 0.05) is 12.0 Å². The van der Waals surface area contributed by atoms with Crippen LogP contribution in [0.1, 0.15) is 72.6 Å². The summed E-state index contributed by atoms with van der Waals surface area (Å²) in [5, 5.41) is 29.6. The minimum absolute atomic E-state index is 0.107. The Morgan fingerprint density at radius 2 is 1.69 bits per heavy atom. The van der Waals surface area contributed by atoms with E-state index in [2.05, 4.69) is 27.7 Å². The average molecular weight is 369 g/mol. The van der Waals surface area contributed by atoms with Crippen LogP contribution in [0.3, 0.4) is 0 Å². The summed E-state index contributed by atoms with van der Waals surface area (Å²) in [6.07, 6.45) is 5.43. The third-order valence-electron chi connectivity index (χ3n) is 8.89. The predicted octanol–water partition coefficient (Wildman–Crippen LogP) is 3.22. The molecule has 0 aromatic rings. The molecule has 0 aromatic carbocycles. The van der Waals surface area contributed by atoms with Gasteiger partial charge in [-0.1, -0.05) is 27.7 Å². The molecule has 3 rings (SSSR count). The Balaban J connectivity index is 2.02. The molecule has 1 spiro atoms. The molecule has 3 aliphatic rings. The number of ether oxygens (including phenoxy) is 1. The third-order valence-corrected chi connectivity index (χ3v) is 8.89. The molecule has 0 bridgehead atoms. The zero-order valence-electron chi connectivity index (χ0n) is 16.8. The number of aliphatic carboxylic acids is 1. The summed E-state index contributed by atoms with van der Waals surface area (Å²) in [4.78, 5) is 11.4. The van der Waals surface area contributed by atoms with Gasteiger partial charge in [-0.15, -0.1) is 0 Å². The third kappa shape index (κ3) is 2.57. The Hall–Kier alpha value is -0.650. The maximum atomic E-state index is 11.4. The molecule has 2 saturated carbocycles. The van der Waals surface area contributed by atoms with Crippen LogP contribution >= 0.6 is 0 Å². The zero-order valence-corrected chi connectivity index (χ0v) is 16.8. The van der Waals surface area contributed by atoms with Crippen LogP contribution in [0.5, 0.6) is 0 Å². The maximum Gasteiger partial charge on any atom is 0.306 e. The van der Waals surface area contributed by atoms with E-state index in [0.717, 1.165) is 32.1 Å². The van der Waals surface area contributed by atoms with Crippen LogP contribution < -0.4 is 0 Å². The van der Waals surface area contributed by atoms with Crippen LogP contribution in [0.25, 0.3) is 0 Å². The molecule has 1 heterocycles. The summed E-state index contributed by atoms with van der Waals surface area (Å²) in [5.41, 5.74) is -1.63. The number of carboxylic acids is 1. The maximum absolute atomic E-state index is 11.4. The van der Waals surface area contributed by atoms with Crippen molar-refractivity contribution in [3.63, 3.8) is 0 Å². The molecule has 5 heteroatoms. The van der Waals surface area contributed by atoms with Gasteiger partial charge in [0.1, 0.15) is 5.60 Å². The first-order chi connectivity index (χ1) is 12.1. The molecule has 26 heavy (non-hydrogen) atoms. The Bertz CT molecular complexity index is 565. The second kappa shape index (κ2) is 6.46. The minimum atomic E-state index is -0.969. The standard InChI is InChI=1S/C21H36O5/c1-14-7-8-19(4)16(18(14,3)12-22)6-5-15(2)21(19)10-9-20(13-23,26-21)11-17(24)25/h14-16,22-23H,5-13H2,1-4H3,(H,24,25)/t14-,15+,16?,18+,19-,20?,21+/m0/s1. The quantitative estimate of drug-likeness (QED) is 0.709. The van der Waals surface area contributed by atoms with Crippen molar-refractivity contribution in [3.8, 4) is 0 Å². The number of aliphatic hydroxyl groups is 2. The van der Waals surface area contributed by atoms with Crippen LogP contribution in [-0.2, 0) is 9.53 Å². The molecule has 0 amide bonds. The van der Waals surface area contributed by atoms with Gasteiger partial charge in [-0.25, -0.2) is 0 Å². The van der Waals surface area contributed by atoms with Crippen LogP contribution in [0, 0.1) is 28.6 Å². The van der Waals surface area contributed by atoms with E-state index in [1.54, 1.807) is 0 Å². The first-order valence-corrected chi connectivity index (χ1v) is 10.2. The molecule has 7 atom stereocenters. The van der Waals surface area contributed by atoms with Gasteiger partial charge in [-0.2, -0.15) is 0 Å². The largest absolute Gasteiger partial charge is 0.481 e. The Morgan fingerprint density at radius 1 is 1.00 bits per heavy atom. The molecular weight excluding hydrogens is 332 g/mol. The molecule has 2 aliphatic carbocycles. The molecule has 2 unspecified atom stereocenters. The summed E-state index contributed by atoms with van der Waals surface area (Å²) in [5.74, 6) is 0.208. The molecule has 1 saturated heterocycles. The molecule has 3 N–H and O–H groups in total. The van der Waals surface area contributed by atoms with Gasteiger partial charge in [-0.3, -0.25) is 4.79 Å². The SMILES string of the molecule is C[C@@H]1CCC2[C@](C)(CO)[C@@H](C)CC[C@]2(C)[C@@]12CCC(CO)(CC(=O)O)O2. The number of rotatable bonds is 4. The van der Waals surface area contributed by atoms with Gasteiger partial charge in [0.2, 0.25) is 0 Å². The summed E-state index contributed by atoms with van der Waals surface area (Å²) >= 11 is 0. The summed E-state index contributed by atoms with van der Waals surface area (Å²) in [6, 6.07) is 0. The highest BCUT2D eigenvalue weighted by Gasteiger charge is 2.68. The highest BCUT2D eigenvalue weighted by molar-refractivity contribution is 5.68. The van der Waals surface area contributed by atoms with Crippen molar-refractivity contribution in [3.05, 3.63) is 0 Å². The second-order valence-corrected chi connectivity index (χ2v) is 9.96. The highest BCUT2D eigenvalue weighted by Crippen LogP contribution is 2.68. The van der Waals surface area contributed by atoms with Crippen molar-refractivity contribution in [2.75, 3.05) is 13.2 Å². The first-order valence-electron chi connectivity index (χ1n) is 10.2. The van der Waals surface area contributed by atoms with E-state index in [-0.39, 0.29) is 30.5 Å². The van der Waals surface area contributed by atoms with Crippen molar-refractivity contribution < 1.29 is 24.9 Å². The molecule has 3 fully saturated rings. The van der Waals surface area contributed by atoms with Gasteiger partial charge < -0.3 is 20.1 Å².